The van der Waals surface area contributed by atoms with Gasteiger partial charge < -0.3 is 9.47 Å². The molecule has 0 aliphatic rings. The van der Waals surface area contributed by atoms with Gasteiger partial charge in [-0.2, -0.15) is 0 Å². The summed E-state index contributed by atoms with van der Waals surface area (Å²) in [7, 11) is 1.48. The molecular formula is C14H10BrCl2NO3. The number of carbonyl (C=O) groups is 1. The number of amides is 1. The second kappa shape index (κ2) is 7.02. The Balaban J connectivity index is 2.11. The molecule has 0 saturated carbocycles. The average Bonchev–Trinajstić information content (AvgIpc) is 2.44. The lowest BCUT2D eigenvalue weighted by Crippen LogP contribution is -2.17. The third-order valence-electron chi connectivity index (χ3n) is 2.50. The number of halogens is 3. The van der Waals surface area contributed by atoms with E-state index in [0.29, 0.717) is 31.7 Å². The van der Waals surface area contributed by atoms with E-state index in [1.165, 1.54) is 7.11 Å². The molecule has 0 aliphatic carbocycles. The number of hydrogen-bond acceptors (Lipinski definition) is 3. The van der Waals surface area contributed by atoms with Gasteiger partial charge in [0.15, 0.2) is 0 Å². The summed E-state index contributed by atoms with van der Waals surface area (Å²) in [6.07, 6.45) is -0.654. The van der Waals surface area contributed by atoms with Crippen molar-refractivity contribution in [3.63, 3.8) is 0 Å². The third-order valence-corrected chi connectivity index (χ3v) is 3.59. The Morgan fingerprint density at radius 2 is 1.76 bits per heavy atom. The van der Waals surface area contributed by atoms with E-state index >= 15 is 0 Å². The Kier molecular flexibility index (Phi) is 5.33. The fraction of sp³-hybridized carbons (Fsp3) is 0.0714. The number of rotatable bonds is 3. The number of benzene rings is 2. The highest BCUT2D eigenvalue weighted by atomic mass is 79.9. The fourth-order valence-corrected chi connectivity index (χ4v) is 2.49. The Morgan fingerprint density at radius 3 is 2.43 bits per heavy atom. The molecule has 2 aromatic carbocycles. The molecule has 0 aromatic heterocycles. The summed E-state index contributed by atoms with van der Waals surface area (Å²) in [6, 6.07) is 9.70. The predicted octanol–water partition coefficient (Wildman–Crippen LogP) is 5.38. The lowest BCUT2D eigenvalue weighted by Gasteiger charge is -2.11. The van der Waals surface area contributed by atoms with Crippen LogP contribution in [-0.2, 0) is 0 Å². The van der Waals surface area contributed by atoms with Gasteiger partial charge >= 0.3 is 6.09 Å². The first kappa shape index (κ1) is 15.9. The van der Waals surface area contributed by atoms with Crippen molar-refractivity contribution in [2.24, 2.45) is 0 Å². The van der Waals surface area contributed by atoms with E-state index in [2.05, 4.69) is 21.2 Å². The van der Waals surface area contributed by atoms with Crippen LogP contribution >= 0.6 is 39.1 Å². The van der Waals surface area contributed by atoms with Crippen molar-refractivity contribution in [2.75, 3.05) is 12.4 Å². The van der Waals surface area contributed by atoms with Crippen LogP contribution in [0.15, 0.2) is 40.9 Å². The highest BCUT2D eigenvalue weighted by Crippen LogP contribution is 2.30. The smallest absolute Gasteiger partial charge is 0.417 e. The van der Waals surface area contributed by atoms with Gasteiger partial charge in [0.1, 0.15) is 11.5 Å². The Hall–Kier alpha value is -1.43. The third kappa shape index (κ3) is 4.27. The van der Waals surface area contributed by atoms with Gasteiger partial charge in [-0.05, 0) is 46.3 Å². The van der Waals surface area contributed by atoms with Crippen LogP contribution < -0.4 is 14.8 Å². The lowest BCUT2D eigenvalue weighted by atomic mass is 10.3. The molecule has 4 nitrogen and oxygen atoms in total. The van der Waals surface area contributed by atoms with E-state index in [1.807, 2.05) is 0 Å². The zero-order valence-corrected chi connectivity index (χ0v) is 13.9. The van der Waals surface area contributed by atoms with Crippen LogP contribution in [0, 0.1) is 0 Å². The van der Waals surface area contributed by atoms with Crippen molar-refractivity contribution in [1.82, 2.24) is 0 Å². The summed E-state index contributed by atoms with van der Waals surface area (Å²) in [5, 5.41) is 3.62. The van der Waals surface area contributed by atoms with Gasteiger partial charge in [0, 0.05) is 16.1 Å². The molecule has 0 atom stereocenters. The molecule has 2 aromatic rings. The maximum atomic E-state index is 11.9. The van der Waals surface area contributed by atoms with E-state index in [4.69, 9.17) is 32.7 Å². The molecule has 0 fully saturated rings. The van der Waals surface area contributed by atoms with Crippen molar-refractivity contribution in [3.05, 3.63) is 50.9 Å². The summed E-state index contributed by atoms with van der Waals surface area (Å²) >= 11 is 14.9. The molecule has 0 aliphatic heterocycles. The summed E-state index contributed by atoms with van der Waals surface area (Å²) < 4.78 is 10.9. The molecule has 0 heterocycles. The van der Waals surface area contributed by atoms with Crippen LogP contribution in [0.1, 0.15) is 0 Å². The minimum atomic E-state index is -0.654. The largest absolute Gasteiger partial charge is 0.495 e. The van der Waals surface area contributed by atoms with Crippen molar-refractivity contribution in [2.45, 2.75) is 0 Å². The molecule has 1 N–H and O–H groups in total. The minimum Gasteiger partial charge on any atom is -0.495 e. The van der Waals surface area contributed by atoms with Crippen LogP contribution in [0.3, 0.4) is 0 Å². The zero-order valence-electron chi connectivity index (χ0n) is 10.8. The first-order valence-corrected chi connectivity index (χ1v) is 7.32. The van der Waals surface area contributed by atoms with Crippen molar-refractivity contribution >= 4 is 50.9 Å². The normalized spacial score (nSPS) is 10.1. The highest BCUT2D eigenvalue weighted by Gasteiger charge is 2.12. The molecule has 0 bridgehead atoms. The summed E-state index contributed by atoms with van der Waals surface area (Å²) in [5.41, 5.74) is 0.456. The second-order valence-corrected chi connectivity index (χ2v) is 5.66. The summed E-state index contributed by atoms with van der Waals surface area (Å²) in [5.74, 6) is 0.791. The van der Waals surface area contributed by atoms with Crippen LogP contribution in [-0.4, -0.2) is 13.2 Å². The van der Waals surface area contributed by atoms with Crippen LogP contribution in [0.4, 0.5) is 10.5 Å². The first-order chi connectivity index (χ1) is 9.99. The van der Waals surface area contributed by atoms with E-state index in [1.54, 1.807) is 36.4 Å². The van der Waals surface area contributed by atoms with E-state index in [-0.39, 0.29) is 0 Å². The second-order valence-electron chi connectivity index (χ2n) is 3.93. The van der Waals surface area contributed by atoms with Gasteiger partial charge in [0.2, 0.25) is 0 Å². The quantitative estimate of drug-likeness (QED) is 0.765. The van der Waals surface area contributed by atoms with Gasteiger partial charge in [0.05, 0.1) is 17.3 Å². The minimum absolute atomic E-state index is 0.352. The maximum absolute atomic E-state index is 11.9. The van der Waals surface area contributed by atoms with E-state index < -0.39 is 6.09 Å². The van der Waals surface area contributed by atoms with Crippen molar-refractivity contribution in [3.8, 4) is 11.5 Å². The Labute approximate surface area is 140 Å². The average molecular weight is 391 g/mol. The van der Waals surface area contributed by atoms with Gasteiger partial charge in [-0.3, -0.25) is 5.32 Å². The molecule has 0 unspecified atom stereocenters. The monoisotopic (exact) mass is 389 g/mol. The molecule has 0 saturated heterocycles. The zero-order chi connectivity index (χ0) is 15.4. The molecule has 7 heteroatoms. The van der Waals surface area contributed by atoms with Gasteiger partial charge in [-0.1, -0.05) is 23.2 Å². The summed E-state index contributed by atoms with van der Waals surface area (Å²) in [6.45, 7) is 0. The van der Waals surface area contributed by atoms with Crippen molar-refractivity contribution in [1.29, 1.82) is 0 Å². The molecule has 0 spiro atoms. The Morgan fingerprint density at radius 1 is 1.10 bits per heavy atom. The van der Waals surface area contributed by atoms with Gasteiger partial charge in [-0.25, -0.2) is 4.79 Å². The molecule has 1 amide bonds. The van der Waals surface area contributed by atoms with Crippen LogP contribution in [0.25, 0.3) is 0 Å². The predicted molar refractivity (Wildman–Crippen MR) is 86.8 cm³/mol. The number of ether oxygens (including phenoxy) is 2. The van der Waals surface area contributed by atoms with Gasteiger partial charge in [-0.15, -0.1) is 0 Å². The van der Waals surface area contributed by atoms with E-state index in [0.717, 1.165) is 0 Å². The SMILES string of the molecule is COc1cc(Cl)ccc1NC(=O)Oc1ccc(Cl)cc1Br. The molecule has 0 radical (unpaired) electrons. The van der Waals surface area contributed by atoms with Crippen LogP contribution in [0.2, 0.25) is 10.0 Å². The van der Waals surface area contributed by atoms with E-state index in [9.17, 15) is 4.79 Å². The molecule has 110 valence electrons. The number of methoxy groups -OCH3 is 1. The summed E-state index contributed by atoms with van der Waals surface area (Å²) in [4.78, 5) is 11.9. The lowest BCUT2D eigenvalue weighted by molar-refractivity contribution is 0.214. The van der Waals surface area contributed by atoms with Crippen LogP contribution in [0.5, 0.6) is 11.5 Å². The number of nitrogens with one attached hydrogen (secondary N) is 1. The number of carbonyl (C=O) groups excluding carboxylic acids is 1. The highest BCUT2D eigenvalue weighted by molar-refractivity contribution is 9.10. The fourth-order valence-electron chi connectivity index (χ4n) is 1.56. The number of hydrogen-bond donors (Lipinski definition) is 1. The molecule has 2 rings (SSSR count). The standard InChI is InChI=1S/C14H10BrCl2NO3/c1-20-13-7-9(17)2-4-11(13)18-14(19)21-12-5-3-8(16)6-10(12)15/h2-7H,1H3,(H,18,19). The number of anilines is 1. The molecular weight excluding hydrogens is 381 g/mol. The topological polar surface area (TPSA) is 47.6 Å². The van der Waals surface area contributed by atoms with Crippen molar-refractivity contribution < 1.29 is 14.3 Å². The molecule has 21 heavy (non-hydrogen) atoms. The first-order valence-electron chi connectivity index (χ1n) is 5.77. The maximum Gasteiger partial charge on any atom is 0.417 e. The Bertz CT molecular complexity index is 679. The van der Waals surface area contributed by atoms with Gasteiger partial charge in [0.25, 0.3) is 0 Å².